The molecule has 2 saturated carbocycles. The van der Waals surface area contributed by atoms with Gasteiger partial charge in [0.05, 0.1) is 12.3 Å². The van der Waals surface area contributed by atoms with Gasteiger partial charge in [-0.05, 0) is 67.0 Å². The number of benzene rings is 2. The number of hydrogen-bond donors (Lipinski definition) is 1. The first-order chi connectivity index (χ1) is 15.3. The van der Waals surface area contributed by atoms with Crippen LogP contribution < -0.4 is 15.0 Å². The van der Waals surface area contributed by atoms with Gasteiger partial charge in [0.25, 0.3) is 0 Å². The SMILES string of the molecule is C1=C(c2ccc(OCC3CC3)c(OC3Cc4ccccc4C3)c2)NOC12CCCCC2. The lowest BCUT2D eigenvalue weighted by Crippen LogP contribution is -2.31. The van der Waals surface area contributed by atoms with E-state index in [-0.39, 0.29) is 11.7 Å². The molecule has 31 heavy (non-hydrogen) atoms. The monoisotopic (exact) mass is 417 g/mol. The maximum Gasteiger partial charge on any atom is 0.162 e. The molecule has 0 aromatic heterocycles. The number of hydroxylamine groups is 1. The van der Waals surface area contributed by atoms with Crippen LogP contribution in [0.3, 0.4) is 0 Å². The first-order valence-corrected chi connectivity index (χ1v) is 11.9. The van der Waals surface area contributed by atoms with Crippen LogP contribution in [-0.4, -0.2) is 18.3 Å². The van der Waals surface area contributed by atoms with E-state index in [0.29, 0.717) is 5.92 Å². The molecule has 1 spiro atoms. The second-order valence-corrected chi connectivity index (χ2v) is 9.72. The van der Waals surface area contributed by atoms with Crippen LogP contribution in [0.15, 0.2) is 48.5 Å². The Morgan fingerprint density at radius 2 is 1.71 bits per heavy atom. The van der Waals surface area contributed by atoms with E-state index in [2.05, 4.69) is 54.0 Å². The minimum Gasteiger partial charge on any atom is -0.489 e. The summed E-state index contributed by atoms with van der Waals surface area (Å²) in [5.74, 6) is 2.42. The summed E-state index contributed by atoms with van der Waals surface area (Å²) < 4.78 is 12.7. The summed E-state index contributed by atoms with van der Waals surface area (Å²) in [7, 11) is 0. The molecule has 1 aliphatic heterocycles. The molecule has 2 aromatic carbocycles. The largest absolute Gasteiger partial charge is 0.489 e. The third kappa shape index (κ3) is 4.06. The van der Waals surface area contributed by atoms with Crippen molar-refractivity contribution in [1.82, 2.24) is 5.48 Å². The Morgan fingerprint density at radius 1 is 0.935 bits per heavy atom. The number of fused-ring (bicyclic) bond motifs is 1. The van der Waals surface area contributed by atoms with E-state index in [1.165, 1.54) is 43.2 Å². The number of nitrogens with one attached hydrogen (secondary N) is 1. The summed E-state index contributed by atoms with van der Waals surface area (Å²) in [4.78, 5) is 6.07. The smallest absolute Gasteiger partial charge is 0.162 e. The van der Waals surface area contributed by atoms with Crippen molar-refractivity contribution < 1.29 is 14.3 Å². The highest BCUT2D eigenvalue weighted by molar-refractivity contribution is 5.68. The molecule has 2 fully saturated rings. The molecule has 1 N–H and O–H groups in total. The fourth-order valence-electron chi connectivity index (χ4n) is 5.18. The van der Waals surface area contributed by atoms with Crippen molar-refractivity contribution in [3.63, 3.8) is 0 Å². The quantitative estimate of drug-likeness (QED) is 0.664. The van der Waals surface area contributed by atoms with Gasteiger partial charge in [-0.1, -0.05) is 43.5 Å². The topological polar surface area (TPSA) is 39.7 Å². The van der Waals surface area contributed by atoms with E-state index in [4.69, 9.17) is 14.3 Å². The van der Waals surface area contributed by atoms with Crippen molar-refractivity contribution in [2.45, 2.75) is 69.5 Å². The standard InChI is InChI=1S/C27H31NO3/c1-4-12-27(13-5-1)17-24(28-31-27)22-10-11-25(29-18-19-8-9-19)26(16-22)30-23-14-20-6-2-3-7-21(20)15-23/h2-3,6-7,10-11,16-17,19,23,28H,1,4-5,8-9,12-15,18H2. The van der Waals surface area contributed by atoms with Crippen molar-refractivity contribution in [1.29, 1.82) is 0 Å². The van der Waals surface area contributed by atoms with E-state index in [1.54, 1.807) is 0 Å². The average Bonchev–Trinajstić information content (AvgIpc) is 3.40. The summed E-state index contributed by atoms with van der Waals surface area (Å²) in [5, 5.41) is 0. The van der Waals surface area contributed by atoms with Gasteiger partial charge in [0.1, 0.15) is 11.7 Å². The van der Waals surface area contributed by atoms with Crippen LogP contribution in [0.4, 0.5) is 0 Å². The average molecular weight is 418 g/mol. The minimum absolute atomic E-state index is 0.136. The van der Waals surface area contributed by atoms with Crippen LogP contribution >= 0.6 is 0 Å². The van der Waals surface area contributed by atoms with Crippen LogP contribution in [-0.2, 0) is 17.7 Å². The molecule has 4 aliphatic rings. The molecule has 0 atom stereocenters. The van der Waals surface area contributed by atoms with Gasteiger partial charge in [-0.3, -0.25) is 10.3 Å². The Kier molecular flexibility index (Phi) is 4.91. The molecule has 0 unspecified atom stereocenters. The Bertz CT molecular complexity index is 963. The molecule has 0 radical (unpaired) electrons. The van der Waals surface area contributed by atoms with Gasteiger partial charge in [0.2, 0.25) is 0 Å². The Labute approximate surface area is 184 Å². The van der Waals surface area contributed by atoms with E-state index in [9.17, 15) is 0 Å². The van der Waals surface area contributed by atoms with Gasteiger partial charge in [-0.25, -0.2) is 0 Å². The fraction of sp³-hybridized carbons (Fsp3) is 0.481. The fourth-order valence-corrected chi connectivity index (χ4v) is 5.18. The number of ether oxygens (including phenoxy) is 2. The van der Waals surface area contributed by atoms with Gasteiger partial charge < -0.3 is 9.47 Å². The molecule has 0 amide bonds. The maximum atomic E-state index is 6.56. The van der Waals surface area contributed by atoms with Crippen molar-refractivity contribution in [2.75, 3.05) is 6.61 Å². The zero-order chi connectivity index (χ0) is 20.7. The molecule has 2 aromatic rings. The molecular weight excluding hydrogens is 386 g/mol. The first-order valence-electron chi connectivity index (χ1n) is 11.9. The van der Waals surface area contributed by atoms with Crippen LogP contribution in [0.25, 0.3) is 5.70 Å². The molecule has 4 nitrogen and oxygen atoms in total. The summed E-state index contributed by atoms with van der Waals surface area (Å²) >= 11 is 0. The maximum absolute atomic E-state index is 6.56. The van der Waals surface area contributed by atoms with E-state index >= 15 is 0 Å². The summed E-state index contributed by atoms with van der Waals surface area (Å²) in [5.41, 5.74) is 8.03. The van der Waals surface area contributed by atoms with Gasteiger partial charge in [0.15, 0.2) is 11.5 Å². The lowest BCUT2D eigenvalue weighted by molar-refractivity contribution is -0.0557. The van der Waals surface area contributed by atoms with Crippen molar-refractivity contribution in [3.05, 3.63) is 65.2 Å². The second kappa shape index (κ2) is 7.90. The summed E-state index contributed by atoms with van der Waals surface area (Å²) in [6, 6.07) is 15.0. The third-order valence-corrected chi connectivity index (χ3v) is 7.20. The van der Waals surface area contributed by atoms with Gasteiger partial charge in [-0.2, -0.15) is 0 Å². The molecule has 0 bridgehead atoms. The summed E-state index contributed by atoms with van der Waals surface area (Å²) in [6.45, 7) is 0.785. The highest BCUT2D eigenvalue weighted by atomic mass is 16.7. The lowest BCUT2D eigenvalue weighted by atomic mass is 9.84. The highest BCUT2D eigenvalue weighted by Gasteiger charge is 2.37. The van der Waals surface area contributed by atoms with Crippen LogP contribution in [0.1, 0.15) is 61.6 Å². The van der Waals surface area contributed by atoms with Gasteiger partial charge in [0, 0.05) is 18.4 Å². The van der Waals surface area contributed by atoms with Crippen LogP contribution in [0, 0.1) is 5.92 Å². The Hall–Kier alpha value is -2.46. The molecule has 4 heteroatoms. The molecular formula is C27H31NO3. The van der Waals surface area contributed by atoms with Gasteiger partial charge >= 0.3 is 0 Å². The number of rotatable bonds is 6. The van der Waals surface area contributed by atoms with E-state index in [0.717, 1.165) is 55.0 Å². The van der Waals surface area contributed by atoms with Crippen molar-refractivity contribution in [2.24, 2.45) is 5.92 Å². The number of hydrogen-bond acceptors (Lipinski definition) is 4. The zero-order valence-corrected chi connectivity index (χ0v) is 18.1. The Morgan fingerprint density at radius 3 is 2.45 bits per heavy atom. The van der Waals surface area contributed by atoms with E-state index in [1.807, 2.05) is 0 Å². The van der Waals surface area contributed by atoms with E-state index < -0.39 is 0 Å². The van der Waals surface area contributed by atoms with Gasteiger partial charge in [-0.15, -0.1) is 0 Å². The molecule has 0 saturated heterocycles. The third-order valence-electron chi connectivity index (χ3n) is 7.20. The summed E-state index contributed by atoms with van der Waals surface area (Å²) in [6.07, 6.45) is 12.9. The van der Waals surface area contributed by atoms with Crippen molar-refractivity contribution >= 4 is 5.70 Å². The Balaban J connectivity index is 1.25. The molecule has 1 heterocycles. The predicted octanol–water partition coefficient (Wildman–Crippen LogP) is 5.60. The molecule has 3 aliphatic carbocycles. The van der Waals surface area contributed by atoms with Crippen LogP contribution in [0.2, 0.25) is 0 Å². The van der Waals surface area contributed by atoms with Crippen LogP contribution in [0.5, 0.6) is 11.5 Å². The normalized spacial score (nSPS) is 22.1. The predicted molar refractivity (Wildman–Crippen MR) is 121 cm³/mol. The molecule has 6 rings (SSSR count). The second-order valence-electron chi connectivity index (χ2n) is 9.72. The zero-order valence-electron chi connectivity index (χ0n) is 18.1. The first kappa shape index (κ1) is 19.2. The lowest BCUT2D eigenvalue weighted by Gasteiger charge is -2.29. The highest BCUT2D eigenvalue weighted by Crippen LogP contribution is 2.40. The molecule has 162 valence electrons. The van der Waals surface area contributed by atoms with Crippen molar-refractivity contribution in [3.8, 4) is 11.5 Å². The minimum atomic E-state index is -0.136.